The second kappa shape index (κ2) is 10.6. The van der Waals surface area contributed by atoms with Crippen LogP contribution in [0.15, 0.2) is 78.9 Å². The van der Waals surface area contributed by atoms with E-state index in [0.29, 0.717) is 12.0 Å². The summed E-state index contributed by atoms with van der Waals surface area (Å²) in [7, 11) is 0. The molecule has 1 aromatic heterocycles. The van der Waals surface area contributed by atoms with Crippen molar-refractivity contribution in [2.24, 2.45) is 0 Å². The van der Waals surface area contributed by atoms with Gasteiger partial charge < -0.3 is 9.88 Å². The second-order valence-electron chi connectivity index (χ2n) is 9.37. The SMILES string of the molecule is N#Cc1cccc(-c2nc3ccccc3n2C(CCc2ccccc2)C(=O)NC2CCCCC2)c1. The van der Waals surface area contributed by atoms with Gasteiger partial charge in [0.15, 0.2) is 0 Å². The molecular formula is C30H30N4O. The van der Waals surface area contributed by atoms with E-state index in [2.05, 4.69) is 28.1 Å². The van der Waals surface area contributed by atoms with Crippen LogP contribution in [0, 0.1) is 11.3 Å². The molecule has 1 saturated carbocycles. The zero-order valence-electron chi connectivity index (χ0n) is 19.9. The van der Waals surface area contributed by atoms with Crippen LogP contribution in [0.2, 0.25) is 0 Å². The number of fused-ring (bicyclic) bond motifs is 1. The number of aromatic nitrogens is 2. The molecular weight excluding hydrogens is 432 g/mol. The number of imidazole rings is 1. The molecule has 0 aliphatic heterocycles. The molecule has 1 N–H and O–H groups in total. The van der Waals surface area contributed by atoms with Crippen molar-refractivity contribution in [1.82, 2.24) is 14.9 Å². The summed E-state index contributed by atoms with van der Waals surface area (Å²) >= 11 is 0. The van der Waals surface area contributed by atoms with Crippen molar-refractivity contribution < 1.29 is 4.79 Å². The third-order valence-corrected chi connectivity index (χ3v) is 6.96. The van der Waals surface area contributed by atoms with Crippen molar-refractivity contribution in [2.45, 2.75) is 57.0 Å². The minimum atomic E-state index is -0.412. The van der Waals surface area contributed by atoms with Crippen LogP contribution >= 0.6 is 0 Å². The molecule has 176 valence electrons. The highest BCUT2D eigenvalue weighted by Gasteiger charge is 2.28. The molecule has 0 spiro atoms. The lowest BCUT2D eigenvalue weighted by atomic mass is 9.95. The Morgan fingerprint density at radius 3 is 2.57 bits per heavy atom. The van der Waals surface area contributed by atoms with Crippen molar-refractivity contribution in [3.8, 4) is 17.5 Å². The van der Waals surface area contributed by atoms with Crippen LogP contribution in [-0.2, 0) is 11.2 Å². The number of carbonyl (C=O) groups excluding carboxylic acids is 1. The number of hydrogen-bond acceptors (Lipinski definition) is 3. The number of rotatable bonds is 7. The maximum absolute atomic E-state index is 13.9. The largest absolute Gasteiger partial charge is 0.352 e. The Morgan fingerprint density at radius 2 is 1.77 bits per heavy atom. The van der Waals surface area contributed by atoms with Gasteiger partial charge in [-0.1, -0.05) is 73.9 Å². The van der Waals surface area contributed by atoms with Gasteiger partial charge in [-0.15, -0.1) is 0 Å². The Hall–Kier alpha value is -3.91. The molecule has 5 heteroatoms. The van der Waals surface area contributed by atoms with Crippen molar-refractivity contribution in [1.29, 1.82) is 5.26 Å². The van der Waals surface area contributed by atoms with E-state index in [-0.39, 0.29) is 11.9 Å². The lowest BCUT2D eigenvalue weighted by Crippen LogP contribution is -2.41. The topological polar surface area (TPSA) is 70.7 Å². The summed E-state index contributed by atoms with van der Waals surface area (Å²) < 4.78 is 2.09. The number of nitrogens with one attached hydrogen (secondary N) is 1. The van der Waals surface area contributed by atoms with Crippen LogP contribution in [0.25, 0.3) is 22.4 Å². The highest BCUT2D eigenvalue weighted by Crippen LogP contribution is 2.32. The van der Waals surface area contributed by atoms with Crippen molar-refractivity contribution >= 4 is 16.9 Å². The van der Waals surface area contributed by atoms with E-state index in [0.717, 1.165) is 41.7 Å². The Labute approximate surface area is 206 Å². The van der Waals surface area contributed by atoms with Crippen molar-refractivity contribution in [2.75, 3.05) is 0 Å². The highest BCUT2D eigenvalue weighted by atomic mass is 16.2. The summed E-state index contributed by atoms with van der Waals surface area (Å²) in [5.41, 5.74) is 4.41. The average Bonchev–Trinajstić information content (AvgIpc) is 3.29. The predicted octanol–water partition coefficient (Wildman–Crippen LogP) is 6.20. The number of para-hydroxylation sites is 2. The van der Waals surface area contributed by atoms with Crippen LogP contribution in [0.5, 0.6) is 0 Å². The van der Waals surface area contributed by atoms with Gasteiger partial charge in [-0.2, -0.15) is 5.26 Å². The molecule has 1 unspecified atom stereocenters. The third-order valence-electron chi connectivity index (χ3n) is 6.96. The standard InChI is InChI=1S/C30H30N4O/c31-21-23-12-9-13-24(20-23)29-33-26-16-7-8-17-27(26)34(29)28(19-18-22-10-3-1-4-11-22)30(35)32-25-14-5-2-6-15-25/h1,3-4,7-13,16-17,20,25,28H,2,5-6,14-15,18-19H2,(H,32,35). The van der Waals surface area contributed by atoms with Gasteiger partial charge in [0.2, 0.25) is 5.91 Å². The normalized spacial score (nSPS) is 14.9. The molecule has 0 radical (unpaired) electrons. The first-order chi connectivity index (χ1) is 17.2. The van der Waals surface area contributed by atoms with Gasteiger partial charge in [-0.05, 0) is 55.5 Å². The minimum absolute atomic E-state index is 0.0497. The van der Waals surface area contributed by atoms with Crippen molar-refractivity contribution in [3.05, 3.63) is 90.0 Å². The number of carbonyl (C=O) groups is 1. The molecule has 5 nitrogen and oxygen atoms in total. The second-order valence-corrected chi connectivity index (χ2v) is 9.37. The van der Waals surface area contributed by atoms with Crippen molar-refractivity contribution in [3.63, 3.8) is 0 Å². The van der Waals surface area contributed by atoms with E-state index in [1.54, 1.807) is 6.07 Å². The molecule has 1 heterocycles. The van der Waals surface area contributed by atoms with Gasteiger partial charge in [-0.3, -0.25) is 4.79 Å². The molecule has 1 fully saturated rings. The Bertz CT molecular complexity index is 1350. The first-order valence-electron chi connectivity index (χ1n) is 12.5. The molecule has 3 aromatic carbocycles. The van der Waals surface area contributed by atoms with Gasteiger partial charge in [0.25, 0.3) is 0 Å². The van der Waals surface area contributed by atoms with Gasteiger partial charge in [-0.25, -0.2) is 4.98 Å². The van der Waals surface area contributed by atoms with Gasteiger partial charge >= 0.3 is 0 Å². The first-order valence-corrected chi connectivity index (χ1v) is 12.5. The monoisotopic (exact) mass is 462 g/mol. The van der Waals surface area contributed by atoms with E-state index in [9.17, 15) is 10.1 Å². The Balaban J connectivity index is 1.58. The van der Waals surface area contributed by atoms with E-state index in [1.165, 1.54) is 24.8 Å². The first kappa shape index (κ1) is 22.9. The fraction of sp³-hybridized carbons (Fsp3) is 0.300. The fourth-order valence-electron chi connectivity index (χ4n) is 5.16. The van der Waals surface area contributed by atoms with E-state index in [4.69, 9.17) is 4.98 Å². The number of nitriles is 1. The summed E-state index contributed by atoms with van der Waals surface area (Å²) in [6.07, 6.45) is 7.11. The molecule has 1 aliphatic carbocycles. The number of nitrogens with zero attached hydrogens (tertiary/aromatic N) is 3. The highest BCUT2D eigenvalue weighted by molar-refractivity contribution is 5.87. The third kappa shape index (κ3) is 5.12. The summed E-state index contributed by atoms with van der Waals surface area (Å²) in [6.45, 7) is 0. The van der Waals surface area contributed by atoms with Gasteiger partial charge in [0.05, 0.1) is 22.7 Å². The fourth-order valence-corrected chi connectivity index (χ4v) is 5.16. The lowest BCUT2D eigenvalue weighted by Gasteiger charge is -2.27. The zero-order chi connectivity index (χ0) is 24.0. The minimum Gasteiger partial charge on any atom is -0.352 e. The number of aryl methyl sites for hydroxylation is 1. The summed E-state index contributed by atoms with van der Waals surface area (Å²) in [5.74, 6) is 0.772. The number of amides is 1. The van der Waals surface area contributed by atoms with E-state index < -0.39 is 6.04 Å². The molecule has 5 rings (SSSR count). The molecule has 1 aliphatic rings. The molecule has 0 saturated heterocycles. The molecule has 4 aromatic rings. The average molecular weight is 463 g/mol. The van der Waals surface area contributed by atoms with Crippen LogP contribution in [0.3, 0.4) is 0 Å². The summed E-state index contributed by atoms with van der Waals surface area (Å²) in [5, 5.41) is 12.8. The lowest BCUT2D eigenvalue weighted by molar-refractivity contribution is -0.125. The number of benzene rings is 3. The smallest absolute Gasteiger partial charge is 0.243 e. The van der Waals surface area contributed by atoms with Crippen LogP contribution < -0.4 is 5.32 Å². The summed E-state index contributed by atoms with van der Waals surface area (Å²) in [6, 6.07) is 27.8. The number of hydrogen-bond donors (Lipinski definition) is 1. The molecule has 35 heavy (non-hydrogen) atoms. The summed E-state index contributed by atoms with van der Waals surface area (Å²) in [4.78, 5) is 18.8. The predicted molar refractivity (Wildman–Crippen MR) is 139 cm³/mol. The molecule has 0 bridgehead atoms. The molecule has 1 atom stereocenters. The maximum atomic E-state index is 13.9. The van der Waals surface area contributed by atoms with E-state index >= 15 is 0 Å². The van der Waals surface area contributed by atoms with Gasteiger partial charge in [0, 0.05) is 11.6 Å². The van der Waals surface area contributed by atoms with E-state index in [1.807, 2.05) is 60.7 Å². The maximum Gasteiger partial charge on any atom is 0.243 e. The molecule has 1 amide bonds. The zero-order valence-corrected chi connectivity index (χ0v) is 19.9. The Kier molecular flexibility index (Phi) is 6.90. The Morgan fingerprint density at radius 1 is 1.00 bits per heavy atom. The van der Waals surface area contributed by atoms with Crippen LogP contribution in [-0.4, -0.2) is 21.5 Å². The van der Waals surface area contributed by atoms with Crippen LogP contribution in [0.4, 0.5) is 0 Å². The van der Waals surface area contributed by atoms with Crippen LogP contribution in [0.1, 0.15) is 55.7 Å². The quantitative estimate of drug-likeness (QED) is 0.356. The van der Waals surface area contributed by atoms with Gasteiger partial charge in [0.1, 0.15) is 11.9 Å².